The molecular formula is C18H26N5O4S2+. The number of anilines is 1. The lowest BCUT2D eigenvalue weighted by Crippen LogP contribution is -2.30. The van der Waals surface area contributed by atoms with E-state index in [-0.39, 0.29) is 17.9 Å². The Hall–Kier alpha value is -2.40. The molecule has 11 heteroatoms. The summed E-state index contributed by atoms with van der Waals surface area (Å²) in [5, 5.41) is 9.44. The van der Waals surface area contributed by atoms with Gasteiger partial charge >= 0.3 is 12.0 Å². The Bertz CT molecular complexity index is 966. The number of carbonyl (C=O) groups excluding carboxylic acids is 1. The zero-order valence-corrected chi connectivity index (χ0v) is 18.8. The van der Waals surface area contributed by atoms with E-state index in [1.807, 2.05) is 50.8 Å². The summed E-state index contributed by atoms with van der Waals surface area (Å²) in [6, 6.07) is 8.76. The highest BCUT2D eigenvalue weighted by molar-refractivity contribution is 8.71. The maximum absolute atomic E-state index is 12.6. The molecule has 0 aliphatic rings. The molecule has 0 N–H and O–H groups in total. The minimum Gasteiger partial charge on any atom is -0.447 e. The third-order valence-corrected chi connectivity index (χ3v) is 6.24. The van der Waals surface area contributed by atoms with E-state index in [4.69, 9.17) is 4.74 Å². The second-order valence-electron chi connectivity index (χ2n) is 7.23. The van der Waals surface area contributed by atoms with Gasteiger partial charge in [0.25, 0.3) is 0 Å². The number of aromatic nitrogens is 2. The Balaban J connectivity index is 2.23. The van der Waals surface area contributed by atoms with E-state index in [1.54, 1.807) is 28.8 Å². The van der Waals surface area contributed by atoms with Crippen molar-refractivity contribution in [2.75, 3.05) is 23.6 Å². The van der Waals surface area contributed by atoms with Crippen LogP contribution in [0.5, 0.6) is 0 Å². The first kappa shape index (κ1) is 22.9. The molecule has 0 atom stereocenters. The highest BCUT2D eigenvalue weighted by Gasteiger charge is 2.27. The molecule has 158 valence electrons. The molecule has 0 spiro atoms. The molecule has 2 rings (SSSR count). The van der Waals surface area contributed by atoms with Crippen molar-refractivity contribution in [2.45, 2.75) is 26.3 Å². The summed E-state index contributed by atoms with van der Waals surface area (Å²) in [5.41, 5.74) is 0.254. The number of para-hydroxylation sites is 1. The van der Waals surface area contributed by atoms with Crippen LogP contribution in [0.2, 0.25) is 0 Å². The average Bonchev–Trinajstić information content (AvgIpc) is 3.00. The van der Waals surface area contributed by atoms with Gasteiger partial charge in [-0.1, -0.05) is 18.2 Å². The van der Waals surface area contributed by atoms with E-state index in [2.05, 4.69) is 10.3 Å². The number of nitrogens with zero attached hydrogens (tertiary/aromatic N) is 5. The SMILES string of the molecule is C[n+]1ccn(C(C)(C)C)c1N=NN(C(=O)OCCSS(C)(=O)=O)c1ccccc1. The number of ether oxygens (including phenoxy) is 1. The molecule has 2 aromatic rings. The smallest absolute Gasteiger partial charge is 0.437 e. The van der Waals surface area contributed by atoms with Crippen LogP contribution in [-0.2, 0) is 26.2 Å². The van der Waals surface area contributed by atoms with Crippen molar-refractivity contribution in [3.05, 3.63) is 42.7 Å². The fourth-order valence-electron chi connectivity index (χ4n) is 2.34. The van der Waals surface area contributed by atoms with E-state index in [9.17, 15) is 13.2 Å². The van der Waals surface area contributed by atoms with Gasteiger partial charge in [0, 0.05) is 17.2 Å². The minimum atomic E-state index is -3.19. The monoisotopic (exact) mass is 440 g/mol. The first-order valence-corrected chi connectivity index (χ1v) is 12.2. The first-order valence-electron chi connectivity index (χ1n) is 8.84. The molecule has 29 heavy (non-hydrogen) atoms. The molecule has 0 aliphatic heterocycles. The Labute approximate surface area is 174 Å². The second kappa shape index (κ2) is 9.40. The molecule has 0 saturated carbocycles. The highest BCUT2D eigenvalue weighted by Crippen LogP contribution is 2.22. The molecule has 0 bridgehead atoms. The van der Waals surface area contributed by atoms with Gasteiger partial charge in [-0.05, 0) is 43.7 Å². The quantitative estimate of drug-likeness (QED) is 0.216. The number of amides is 1. The Morgan fingerprint density at radius 1 is 1.28 bits per heavy atom. The molecule has 1 amide bonds. The molecule has 1 aromatic carbocycles. The summed E-state index contributed by atoms with van der Waals surface area (Å²) in [6.45, 7) is 6.04. The number of hydrogen-bond donors (Lipinski definition) is 0. The predicted molar refractivity (Wildman–Crippen MR) is 113 cm³/mol. The van der Waals surface area contributed by atoms with Gasteiger partial charge in [-0.15, -0.1) is 5.01 Å². The standard InChI is InChI=1S/C18H26N5O4S2/c1-18(2,3)22-12-11-21(4)16(22)19-20-23(15-9-7-6-8-10-15)17(24)27-13-14-28-29(5,25)26/h6-12H,13-14H2,1-5H3/q+1. The van der Waals surface area contributed by atoms with Crippen LogP contribution < -0.4 is 9.58 Å². The maximum atomic E-state index is 12.6. The van der Waals surface area contributed by atoms with Crippen LogP contribution in [0, 0.1) is 0 Å². The molecule has 9 nitrogen and oxygen atoms in total. The van der Waals surface area contributed by atoms with Crippen molar-refractivity contribution in [1.29, 1.82) is 0 Å². The molecule has 0 radical (unpaired) electrons. The van der Waals surface area contributed by atoms with Crippen LogP contribution in [0.3, 0.4) is 0 Å². The van der Waals surface area contributed by atoms with E-state index < -0.39 is 15.0 Å². The summed E-state index contributed by atoms with van der Waals surface area (Å²) in [7, 11) is -0.639. The Kier molecular flexibility index (Phi) is 7.42. The number of rotatable bonds is 7. The number of benzene rings is 1. The normalized spacial score (nSPS) is 12.3. The van der Waals surface area contributed by atoms with Crippen molar-refractivity contribution in [2.24, 2.45) is 17.4 Å². The van der Waals surface area contributed by atoms with Gasteiger partial charge in [0.1, 0.15) is 6.61 Å². The van der Waals surface area contributed by atoms with Gasteiger partial charge in [0.15, 0.2) is 8.87 Å². The van der Waals surface area contributed by atoms with Crippen LogP contribution in [0.25, 0.3) is 0 Å². The molecule has 1 heterocycles. The zero-order chi connectivity index (χ0) is 21.7. The average molecular weight is 441 g/mol. The molecule has 0 saturated heterocycles. The first-order chi connectivity index (χ1) is 13.5. The van der Waals surface area contributed by atoms with Gasteiger partial charge in [-0.25, -0.2) is 22.3 Å². The maximum Gasteiger partial charge on any atom is 0.437 e. The Morgan fingerprint density at radius 3 is 2.52 bits per heavy atom. The molecule has 0 fully saturated rings. The summed E-state index contributed by atoms with van der Waals surface area (Å²) in [4.78, 5) is 12.6. The molecule has 1 aromatic heterocycles. The topological polar surface area (TPSA) is 97.2 Å². The summed E-state index contributed by atoms with van der Waals surface area (Å²) in [5.74, 6) is 0.686. The van der Waals surface area contributed by atoms with Crippen LogP contribution >= 0.6 is 10.8 Å². The second-order valence-corrected chi connectivity index (χ2v) is 11.8. The van der Waals surface area contributed by atoms with Gasteiger partial charge in [0.05, 0.1) is 35.8 Å². The van der Waals surface area contributed by atoms with Crippen molar-refractivity contribution in [3.63, 3.8) is 0 Å². The van der Waals surface area contributed by atoms with Gasteiger partial charge in [0.2, 0.25) is 0 Å². The third kappa shape index (κ3) is 6.86. The van der Waals surface area contributed by atoms with Crippen molar-refractivity contribution >= 4 is 37.4 Å². The number of imidazole rings is 1. The zero-order valence-electron chi connectivity index (χ0n) is 17.1. The van der Waals surface area contributed by atoms with Crippen molar-refractivity contribution in [3.8, 4) is 0 Å². The predicted octanol–water partition coefficient (Wildman–Crippen LogP) is 3.40. The fraction of sp³-hybridized carbons (Fsp3) is 0.444. The molecule has 0 unspecified atom stereocenters. The Morgan fingerprint density at radius 2 is 1.93 bits per heavy atom. The summed E-state index contributed by atoms with van der Waals surface area (Å²) < 4.78 is 31.3. The third-order valence-electron chi connectivity index (χ3n) is 3.70. The van der Waals surface area contributed by atoms with E-state index in [0.717, 1.165) is 11.3 Å². The molecular weight excluding hydrogens is 414 g/mol. The van der Waals surface area contributed by atoms with E-state index in [1.165, 1.54) is 0 Å². The van der Waals surface area contributed by atoms with E-state index >= 15 is 0 Å². The highest BCUT2D eigenvalue weighted by atomic mass is 33.1. The lowest BCUT2D eigenvalue weighted by Gasteiger charge is -2.16. The van der Waals surface area contributed by atoms with Crippen molar-refractivity contribution in [1.82, 2.24) is 4.57 Å². The summed E-state index contributed by atoms with van der Waals surface area (Å²) >= 11 is 0. The van der Waals surface area contributed by atoms with Crippen LogP contribution in [0.4, 0.5) is 16.4 Å². The van der Waals surface area contributed by atoms with Crippen LogP contribution in [0.15, 0.2) is 53.1 Å². The van der Waals surface area contributed by atoms with Crippen LogP contribution in [-0.4, -0.2) is 37.7 Å². The van der Waals surface area contributed by atoms with Gasteiger partial charge < -0.3 is 4.74 Å². The lowest BCUT2D eigenvalue weighted by atomic mass is 10.1. The van der Waals surface area contributed by atoms with E-state index in [0.29, 0.717) is 22.4 Å². The van der Waals surface area contributed by atoms with Crippen LogP contribution in [0.1, 0.15) is 20.8 Å². The van der Waals surface area contributed by atoms with Crippen molar-refractivity contribution < 1.29 is 22.5 Å². The largest absolute Gasteiger partial charge is 0.447 e. The molecule has 0 aliphatic carbocycles. The number of hydrogen-bond acceptors (Lipinski definition) is 7. The fourth-order valence-corrected chi connectivity index (χ4v) is 3.90. The lowest BCUT2D eigenvalue weighted by molar-refractivity contribution is -0.658. The number of aryl methyl sites for hydroxylation is 1. The minimum absolute atomic E-state index is 0.0679. The van der Waals surface area contributed by atoms with Gasteiger partial charge in [-0.2, -0.15) is 0 Å². The van der Waals surface area contributed by atoms with Gasteiger partial charge in [-0.3, -0.25) is 0 Å². The number of carbonyl (C=O) groups is 1. The summed E-state index contributed by atoms with van der Waals surface area (Å²) in [6.07, 6.45) is 4.11.